The normalized spacial score (nSPS) is 21.5. The van der Waals surface area contributed by atoms with E-state index in [1.165, 1.54) is 32.4 Å². The third-order valence-electron chi connectivity index (χ3n) is 3.78. The number of esters is 1. The molecule has 1 aromatic heterocycles. The number of nitrogens with one attached hydrogen (secondary N) is 2. The first-order chi connectivity index (χ1) is 10.7. The predicted octanol–water partition coefficient (Wildman–Crippen LogP) is -0.802. The molecule has 1 aliphatic heterocycles. The maximum absolute atomic E-state index is 11.0. The Morgan fingerprint density at radius 2 is 2.36 bits per heavy atom. The number of H-pyrrole nitrogens is 1. The van der Waals surface area contributed by atoms with E-state index < -0.39 is 0 Å². The first kappa shape index (κ1) is 15.7. The molecule has 2 atom stereocenters. The number of hydrogen-bond acceptors (Lipinski definition) is 4. The van der Waals surface area contributed by atoms with Crippen LogP contribution in [0, 0.1) is 3.70 Å². The van der Waals surface area contributed by atoms with E-state index in [9.17, 15) is 4.79 Å². The number of ether oxygens (including phenoxy) is 1. The fourth-order valence-corrected chi connectivity index (χ4v) is 5.02. The molecule has 2 heterocycles. The first-order valence-corrected chi connectivity index (χ1v) is 10.3. The van der Waals surface area contributed by atoms with E-state index >= 15 is 0 Å². The van der Waals surface area contributed by atoms with Crippen LogP contribution in [-0.4, -0.2) is 33.2 Å². The second-order valence-corrected chi connectivity index (χ2v) is 8.49. The summed E-state index contributed by atoms with van der Waals surface area (Å²) < 4.78 is 7.90. The molecular formula is C16H21IN3O2-. The van der Waals surface area contributed by atoms with E-state index in [2.05, 4.69) is 40.6 Å². The van der Waals surface area contributed by atoms with Crippen LogP contribution in [0.4, 0.5) is 0 Å². The van der Waals surface area contributed by atoms with Crippen molar-refractivity contribution in [3.05, 3.63) is 27.5 Å². The van der Waals surface area contributed by atoms with Gasteiger partial charge >= 0.3 is 140 Å². The van der Waals surface area contributed by atoms with Gasteiger partial charge in [-0.05, 0) is 0 Å². The number of carbonyl (C=O) groups is 1. The zero-order valence-electron chi connectivity index (χ0n) is 12.9. The number of halogens is 1. The topological polar surface area (TPSA) is 67.0 Å². The number of rotatable bonds is 5. The van der Waals surface area contributed by atoms with E-state index in [0.717, 1.165) is 18.5 Å². The summed E-state index contributed by atoms with van der Waals surface area (Å²) in [7, 11) is 0. The van der Waals surface area contributed by atoms with Crippen molar-refractivity contribution in [1.29, 1.82) is 0 Å². The third kappa shape index (κ3) is 3.43. The van der Waals surface area contributed by atoms with Gasteiger partial charge < -0.3 is 0 Å². The number of nitrogens with zero attached hydrogens (tertiary/aromatic N) is 1. The quantitative estimate of drug-likeness (QED) is 0.382. The van der Waals surface area contributed by atoms with Crippen LogP contribution >= 0.6 is 0 Å². The van der Waals surface area contributed by atoms with Crippen molar-refractivity contribution in [3.8, 4) is 0 Å². The van der Waals surface area contributed by atoms with Crippen molar-refractivity contribution >= 4 is 16.9 Å². The molecular weight excluding hydrogens is 393 g/mol. The Morgan fingerprint density at radius 3 is 3.14 bits per heavy atom. The van der Waals surface area contributed by atoms with Crippen LogP contribution in [0.2, 0.25) is 0 Å². The molecule has 6 heteroatoms. The monoisotopic (exact) mass is 414 g/mol. The van der Waals surface area contributed by atoms with Crippen molar-refractivity contribution in [1.82, 2.24) is 15.5 Å². The molecule has 0 radical (unpaired) electrons. The summed E-state index contributed by atoms with van der Waals surface area (Å²) >= 11 is 0.0324. The van der Waals surface area contributed by atoms with Crippen LogP contribution in [-0.2, 0) is 9.53 Å². The molecule has 0 saturated carbocycles. The molecule has 0 bridgehead atoms. The van der Waals surface area contributed by atoms with Gasteiger partial charge in [0.1, 0.15) is 0 Å². The minimum absolute atomic E-state index is 0.0247. The van der Waals surface area contributed by atoms with Gasteiger partial charge in [-0.1, -0.05) is 0 Å². The van der Waals surface area contributed by atoms with Gasteiger partial charge in [0, 0.05) is 0 Å². The van der Waals surface area contributed by atoms with E-state index in [0.29, 0.717) is 0 Å². The fourth-order valence-electron chi connectivity index (χ4n) is 2.79. The SMILES string of the molecule is CCC[I-]c1[nH]nc2cc([C@H]3CC(OC(C)=O)CN3)ccc12. The molecule has 1 aromatic carbocycles. The fraction of sp³-hybridized carbons (Fsp3) is 0.500. The molecule has 22 heavy (non-hydrogen) atoms. The Hall–Kier alpha value is -1.15. The molecule has 120 valence electrons. The Kier molecular flexibility index (Phi) is 4.97. The number of fused-ring (bicyclic) bond motifs is 1. The van der Waals surface area contributed by atoms with Crippen molar-refractivity contribution < 1.29 is 30.7 Å². The Labute approximate surface area is 140 Å². The molecule has 1 aliphatic rings. The summed E-state index contributed by atoms with van der Waals surface area (Å²) in [6.45, 7) is 4.40. The van der Waals surface area contributed by atoms with Gasteiger partial charge in [-0.25, -0.2) is 0 Å². The van der Waals surface area contributed by atoms with Gasteiger partial charge in [-0.3, -0.25) is 0 Å². The molecule has 0 spiro atoms. The number of alkyl halides is 1. The predicted molar refractivity (Wildman–Crippen MR) is 80.9 cm³/mol. The second-order valence-electron chi connectivity index (χ2n) is 5.56. The van der Waals surface area contributed by atoms with Crippen molar-refractivity contribution in [2.75, 3.05) is 11.0 Å². The van der Waals surface area contributed by atoms with E-state index in [1.54, 1.807) is 0 Å². The van der Waals surface area contributed by atoms with Gasteiger partial charge in [-0.15, -0.1) is 0 Å². The van der Waals surface area contributed by atoms with Crippen LogP contribution in [0.15, 0.2) is 18.2 Å². The summed E-state index contributed by atoms with van der Waals surface area (Å²) in [5.41, 5.74) is 2.26. The van der Waals surface area contributed by atoms with E-state index in [4.69, 9.17) is 4.74 Å². The summed E-state index contributed by atoms with van der Waals surface area (Å²) in [5, 5.41) is 12.4. The van der Waals surface area contributed by atoms with Gasteiger partial charge in [0.25, 0.3) is 0 Å². The molecule has 2 aromatic rings. The number of carbonyl (C=O) groups excluding carboxylic acids is 1. The zero-order valence-corrected chi connectivity index (χ0v) is 15.0. The molecule has 0 aliphatic carbocycles. The van der Waals surface area contributed by atoms with Crippen molar-refractivity contribution in [2.24, 2.45) is 0 Å². The Morgan fingerprint density at radius 1 is 1.50 bits per heavy atom. The Bertz CT molecular complexity index is 670. The zero-order chi connectivity index (χ0) is 15.5. The van der Waals surface area contributed by atoms with Gasteiger partial charge in [0.15, 0.2) is 0 Å². The van der Waals surface area contributed by atoms with Gasteiger partial charge in [0.05, 0.1) is 0 Å². The number of hydrogen-bond donors (Lipinski definition) is 2. The summed E-state index contributed by atoms with van der Waals surface area (Å²) in [6.07, 6.45) is 2.03. The van der Waals surface area contributed by atoms with Crippen molar-refractivity contribution in [2.45, 2.75) is 38.8 Å². The molecule has 1 unspecified atom stereocenters. The summed E-state index contributed by atoms with van der Waals surface area (Å²) in [6, 6.07) is 6.74. The van der Waals surface area contributed by atoms with Crippen LogP contribution in [0.3, 0.4) is 0 Å². The molecule has 3 rings (SSSR count). The van der Waals surface area contributed by atoms with Crippen LogP contribution in [0.5, 0.6) is 0 Å². The van der Waals surface area contributed by atoms with E-state index in [-0.39, 0.29) is 39.3 Å². The average Bonchev–Trinajstić information content (AvgIpc) is 3.10. The second kappa shape index (κ2) is 6.95. The number of aromatic nitrogens is 2. The third-order valence-corrected chi connectivity index (χ3v) is 6.98. The number of aromatic amines is 1. The minimum atomic E-state index is -0.209. The molecule has 0 amide bonds. The molecule has 1 fully saturated rings. The maximum atomic E-state index is 11.0. The summed E-state index contributed by atoms with van der Waals surface area (Å²) in [5.74, 6) is -0.209. The standard InChI is InChI=1S/C16H21IN3O2/c1-3-6-17-16-13-5-4-11(7-15(13)19-20-16)14-8-12(9-18-14)22-10(2)21/h4-5,7,12,14,18H,3,6,8-9H2,1-2H3,(H,19,20)/q-1/t12?,14-/m1/s1. The Balaban J connectivity index is 1.74. The molecule has 2 N–H and O–H groups in total. The molecule has 5 nitrogen and oxygen atoms in total. The van der Waals surface area contributed by atoms with E-state index in [1.807, 2.05) is 0 Å². The van der Waals surface area contributed by atoms with Crippen LogP contribution < -0.4 is 26.5 Å². The number of benzene rings is 1. The molecule has 1 saturated heterocycles. The summed E-state index contributed by atoms with van der Waals surface area (Å²) in [4.78, 5) is 11.0. The van der Waals surface area contributed by atoms with Crippen LogP contribution in [0.25, 0.3) is 10.9 Å². The van der Waals surface area contributed by atoms with Crippen LogP contribution in [0.1, 0.15) is 38.3 Å². The van der Waals surface area contributed by atoms with Gasteiger partial charge in [-0.2, -0.15) is 0 Å². The average molecular weight is 414 g/mol. The van der Waals surface area contributed by atoms with Crippen molar-refractivity contribution in [3.63, 3.8) is 0 Å². The van der Waals surface area contributed by atoms with Gasteiger partial charge in [0.2, 0.25) is 0 Å². The first-order valence-electron chi connectivity index (χ1n) is 7.65.